The molecule has 0 atom stereocenters. The van der Waals surface area contributed by atoms with E-state index >= 15 is 0 Å². The zero-order valence-electron chi connectivity index (χ0n) is 24.1. The lowest BCUT2D eigenvalue weighted by atomic mass is 9.71. The molecule has 0 unspecified atom stereocenters. The SMILES string of the molecule is CC(C)N(C(=O)c1cc(F)ccc1Nc1cncnc1N1CCC2(CC1)CN(CC1CCCCC1)C2)C(C)C. The van der Waals surface area contributed by atoms with E-state index in [1.807, 2.05) is 27.7 Å². The Bertz CT molecular complexity index is 1120. The number of carbonyl (C=O) groups is 1. The second-order valence-corrected chi connectivity index (χ2v) is 12.6. The highest BCUT2D eigenvalue weighted by Crippen LogP contribution is 2.43. The number of nitrogens with one attached hydrogen (secondary N) is 1. The van der Waals surface area contributed by atoms with E-state index in [-0.39, 0.29) is 18.0 Å². The smallest absolute Gasteiger partial charge is 0.256 e. The summed E-state index contributed by atoms with van der Waals surface area (Å²) < 4.78 is 14.3. The summed E-state index contributed by atoms with van der Waals surface area (Å²) in [5.41, 5.74) is 2.06. The molecule has 3 fully saturated rings. The predicted molar refractivity (Wildman–Crippen MR) is 155 cm³/mol. The molecule has 1 saturated carbocycles. The van der Waals surface area contributed by atoms with Crippen LogP contribution in [-0.4, -0.2) is 70.5 Å². The van der Waals surface area contributed by atoms with E-state index in [9.17, 15) is 9.18 Å². The highest BCUT2D eigenvalue weighted by atomic mass is 19.1. The molecular formula is C31H45FN6O. The molecule has 5 rings (SSSR count). The largest absolute Gasteiger partial charge is 0.355 e. The summed E-state index contributed by atoms with van der Waals surface area (Å²) in [5.74, 6) is 1.12. The highest BCUT2D eigenvalue weighted by Gasteiger charge is 2.45. The standard InChI is InChI=1S/C31H45FN6O/c1-22(2)38(23(3)4)30(39)26-16-25(32)10-11-27(26)35-28-17-33-21-34-29(28)37-14-12-31(13-15-37)19-36(20-31)18-24-8-6-5-7-9-24/h10-11,16-17,21-24,35H,5-9,12-15,18-20H2,1-4H3. The molecule has 7 nitrogen and oxygen atoms in total. The summed E-state index contributed by atoms with van der Waals surface area (Å²) in [6.45, 7) is 13.6. The van der Waals surface area contributed by atoms with Crippen molar-refractivity contribution in [3.05, 3.63) is 42.1 Å². The van der Waals surface area contributed by atoms with E-state index in [4.69, 9.17) is 0 Å². The van der Waals surface area contributed by atoms with Gasteiger partial charge in [0.15, 0.2) is 5.82 Å². The van der Waals surface area contributed by atoms with Crippen LogP contribution in [0.1, 0.15) is 83.0 Å². The Kier molecular flexibility index (Phi) is 8.40. The fraction of sp³-hybridized carbons (Fsp3) is 0.645. The lowest BCUT2D eigenvalue weighted by Crippen LogP contribution is -2.61. The second kappa shape index (κ2) is 11.8. The second-order valence-electron chi connectivity index (χ2n) is 12.6. The van der Waals surface area contributed by atoms with E-state index in [1.54, 1.807) is 23.5 Å². The van der Waals surface area contributed by atoms with Crippen molar-refractivity contribution >= 4 is 23.1 Å². The Morgan fingerprint density at radius 3 is 2.44 bits per heavy atom. The molecular weight excluding hydrogens is 491 g/mol. The molecule has 2 aromatic rings. The third kappa shape index (κ3) is 6.21. The molecule has 39 heavy (non-hydrogen) atoms. The van der Waals surface area contributed by atoms with Crippen LogP contribution in [0.2, 0.25) is 0 Å². The van der Waals surface area contributed by atoms with Gasteiger partial charge in [0.05, 0.1) is 17.4 Å². The maximum atomic E-state index is 14.3. The summed E-state index contributed by atoms with van der Waals surface area (Å²) in [5, 5.41) is 3.39. The highest BCUT2D eigenvalue weighted by molar-refractivity contribution is 6.01. The zero-order valence-corrected chi connectivity index (χ0v) is 24.1. The van der Waals surface area contributed by atoms with E-state index in [1.165, 1.54) is 63.9 Å². The van der Waals surface area contributed by atoms with Gasteiger partial charge in [-0.15, -0.1) is 0 Å². The van der Waals surface area contributed by atoms with Gasteiger partial charge in [0, 0.05) is 44.8 Å². The van der Waals surface area contributed by atoms with Crippen LogP contribution in [0, 0.1) is 17.2 Å². The van der Waals surface area contributed by atoms with Gasteiger partial charge < -0.3 is 20.0 Å². The van der Waals surface area contributed by atoms with Crippen molar-refractivity contribution in [2.24, 2.45) is 11.3 Å². The Morgan fingerprint density at radius 1 is 1.08 bits per heavy atom. The predicted octanol–water partition coefficient (Wildman–Crippen LogP) is 6.10. The van der Waals surface area contributed by atoms with Crippen LogP contribution >= 0.6 is 0 Å². The van der Waals surface area contributed by atoms with Crippen molar-refractivity contribution in [2.45, 2.75) is 84.7 Å². The molecule has 1 N–H and O–H groups in total. The fourth-order valence-electron chi connectivity index (χ4n) is 7.09. The van der Waals surface area contributed by atoms with Crippen LogP contribution in [0.3, 0.4) is 0 Å². The van der Waals surface area contributed by atoms with Crippen molar-refractivity contribution in [3.63, 3.8) is 0 Å². The Morgan fingerprint density at radius 2 is 1.77 bits per heavy atom. The van der Waals surface area contributed by atoms with Crippen LogP contribution in [-0.2, 0) is 0 Å². The van der Waals surface area contributed by atoms with Gasteiger partial charge in [0.2, 0.25) is 0 Å². The van der Waals surface area contributed by atoms with Crippen LogP contribution in [0.4, 0.5) is 21.6 Å². The van der Waals surface area contributed by atoms with Gasteiger partial charge >= 0.3 is 0 Å². The van der Waals surface area contributed by atoms with Crippen molar-refractivity contribution in [1.82, 2.24) is 19.8 Å². The summed E-state index contributed by atoms with van der Waals surface area (Å²) in [6, 6.07) is 4.34. The van der Waals surface area contributed by atoms with Crippen molar-refractivity contribution in [3.8, 4) is 0 Å². The maximum Gasteiger partial charge on any atom is 0.256 e. The number of amides is 1. The Balaban J connectivity index is 1.26. The third-order valence-electron chi connectivity index (χ3n) is 9.00. The van der Waals surface area contributed by atoms with E-state index < -0.39 is 5.82 Å². The van der Waals surface area contributed by atoms with Crippen LogP contribution in [0.15, 0.2) is 30.7 Å². The molecule has 2 aliphatic heterocycles. The molecule has 1 aliphatic carbocycles. The normalized spacial score (nSPS) is 19.9. The number of benzene rings is 1. The third-order valence-corrected chi connectivity index (χ3v) is 9.00. The average Bonchev–Trinajstić information content (AvgIpc) is 2.90. The molecule has 1 spiro atoms. The molecule has 8 heteroatoms. The minimum atomic E-state index is -0.430. The number of hydrogen-bond acceptors (Lipinski definition) is 6. The minimum Gasteiger partial charge on any atom is -0.355 e. The molecule has 3 heterocycles. The number of likely N-dealkylation sites (tertiary alicyclic amines) is 1. The summed E-state index contributed by atoms with van der Waals surface area (Å²) >= 11 is 0. The van der Waals surface area contributed by atoms with Gasteiger partial charge in [0.1, 0.15) is 17.8 Å². The summed E-state index contributed by atoms with van der Waals surface area (Å²) in [4.78, 5) is 29.2. The number of hydrogen-bond donors (Lipinski definition) is 1. The van der Waals surface area contributed by atoms with Gasteiger partial charge in [-0.25, -0.2) is 14.4 Å². The number of aromatic nitrogens is 2. The van der Waals surface area contributed by atoms with Crippen LogP contribution < -0.4 is 10.2 Å². The van der Waals surface area contributed by atoms with Gasteiger partial charge in [-0.3, -0.25) is 4.79 Å². The monoisotopic (exact) mass is 536 g/mol. The first-order valence-corrected chi connectivity index (χ1v) is 14.9. The van der Waals surface area contributed by atoms with Crippen LogP contribution in [0.25, 0.3) is 0 Å². The first-order valence-electron chi connectivity index (χ1n) is 14.9. The lowest BCUT2D eigenvalue weighted by molar-refractivity contribution is -0.0303. The van der Waals surface area contributed by atoms with Gasteiger partial charge in [0.25, 0.3) is 5.91 Å². The quantitative estimate of drug-likeness (QED) is 0.440. The molecule has 2 saturated heterocycles. The van der Waals surface area contributed by atoms with Crippen molar-refractivity contribution in [2.75, 3.05) is 42.9 Å². The van der Waals surface area contributed by atoms with E-state index in [0.717, 1.165) is 43.4 Å². The first kappa shape index (κ1) is 27.8. The summed E-state index contributed by atoms with van der Waals surface area (Å²) in [6.07, 6.45) is 12.7. The number of piperidine rings is 1. The molecule has 1 aromatic carbocycles. The van der Waals surface area contributed by atoms with Gasteiger partial charge in [-0.05, 0) is 82.9 Å². The first-order chi connectivity index (χ1) is 18.7. The molecule has 3 aliphatic rings. The topological polar surface area (TPSA) is 64.6 Å². The number of halogens is 1. The number of rotatable bonds is 8. The van der Waals surface area contributed by atoms with E-state index in [0.29, 0.717) is 16.7 Å². The van der Waals surface area contributed by atoms with Gasteiger partial charge in [-0.1, -0.05) is 19.3 Å². The average molecular weight is 537 g/mol. The fourth-order valence-corrected chi connectivity index (χ4v) is 7.09. The zero-order chi connectivity index (χ0) is 27.6. The Labute approximate surface area is 233 Å². The van der Waals surface area contributed by atoms with Crippen molar-refractivity contribution < 1.29 is 9.18 Å². The number of nitrogens with zero attached hydrogens (tertiary/aromatic N) is 5. The lowest BCUT2D eigenvalue weighted by Gasteiger charge is -2.55. The summed E-state index contributed by atoms with van der Waals surface area (Å²) in [7, 11) is 0. The molecule has 212 valence electrons. The molecule has 1 aromatic heterocycles. The van der Waals surface area contributed by atoms with Crippen molar-refractivity contribution in [1.29, 1.82) is 0 Å². The number of carbonyl (C=O) groups excluding carboxylic acids is 1. The molecule has 1 amide bonds. The molecule has 0 radical (unpaired) electrons. The van der Waals surface area contributed by atoms with E-state index in [2.05, 4.69) is 25.1 Å². The number of anilines is 3. The Hall–Kier alpha value is -2.74. The van der Waals surface area contributed by atoms with Gasteiger partial charge in [-0.2, -0.15) is 0 Å². The molecule has 0 bridgehead atoms. The minimum absolute atomic E-state index is 0.00463. The maximum absolute atomic E-state index is 14.3. The van der Waals surface area contributed by atoms with Crippen LogP contribution in [0.5, 0.6) is 0 Å².